The Hall–Kier alpha value is -0.660. The van der Waals surface area contributed by atoms with Gasteiger partial charge in [0.15, 0.2) is 0 Å². The van der Waals surface area contributed by atoms with Crippen LogP contribution < -0.4 is 5.14 Å². The fourth-order valence-electron chi connectivity index (χ4n) is 2.17. The van der Waals surface area contributed by atoms with Crippen LogP contribution in [-0.2, 0) is 14.8 Å². The van der Waals surface area contributed by atoms with Crippen molar-refractivity contribution >= 4 is 16.0 Å². The summed E-state index contributed by atoms with van der Waals surface area (Å²) in [7, 11) is -3.52. The van der Waals surface area contributed by atoms with E-state index in [1.807, 2.05) is 6.92 Å². The van der Waals surface area contributed by atoms with Gasteiger partial charge in [0.1, 0.15) is 6.04 Å². The first-order chi connectivity index (χ1) is 7.31. The van der Waals surface area contributed by atoms with Crippen molar-refractivity contribution in [3.8, 4) is 0 Å². The first-order valence-corrected chi connectivity index (χ1v) is 7.00. The lowest BCUT2D eigenvalue weighted by Crippen LogP contribution is -2.50. The van der Waals surface area contributed by atoms with Gasteiger partial charge in [-0.3, -0.25) is 9.69 Å². The van der Waals surface area contributed by atoms with Crippen molar-refractivity contribution in [1.29, 1.82) is 0 Å². The smallest absolute Gasteiger partial charge is 0.321 e. The fourth-order valence-corrected chi connectivity index (χ4v) is 2.66. The van der Waals surface area contributed by atoms with Gasteiger partial charge >= 0.3 is 5.97 Å². The third kappa shape index (κ3) is 3.73. The summed E-state index contributed by atoms with van der Waals surface area (Å²) >= 11 is 0. The number of hydrogen-bond acceptors (Lipinski definition) is 4. The van der Waals surface area contributed by atoms with Crippen molar-refractivity contribution in [3.05, 3.63) is 0 Å². The number of aliphatic carboxylic acids is 1. The molecule has 0 radical (unpaired) electrons. The van der Waals surface area contributed by atoms with E-state index in [9.17, 15) is 13.2 Å². The zero-order valence-corrected chi connectivity index (χ0v) is 10.1. The molecule has 0 spiro atoms. The van der Waals surface area contributed by atoms with Crippen molar-refractivity contribution in [2.24, 2.45) is 11.1 Å². The van der Waals surface area contributed by atoms with E-state index in [2.05, 4.69) is 0 Å². The molecule has 2 atom stereocenters. The number of sulfonamides is 1. The third-order valence-electron chi connectivity index (χ3n) is 2.95. The van der Waals surface area contributed by atoms with E-state index in [1.54, 1.807) is 4.90 Å². The average molecular weight is 250 g/mol. The zero-order chi connectivity index (χ0) is 12.3. The molecule has 2 unspecified atom stereocenters. The Bertz CT molecular complexity index is 355. The predicted octanol–water partition coefficient (Wildman–Crippen LogP) is -0.540. The van der Waals surface area contributed by atoms with Crippen LogP contribution >= 0.6 is 0 Å². The number of carboxylic acids is 1. The minimum Gasteiger partial charge on any atom is -0.480 e. The van der Waals surface area contributed by atoms with Gasteiger partial charge in [0.2, 0.25) is 10.0 Å². The molecule has 0 bridgehead atoms. The highest BCUT2D eigenvalue weighted by Gasteiger charge is 2.34. The minimum atomic E-state index is -3.52. The number of carbonyl (C=O) groups is 1. The molecule has 94 valence electrons. The van der Waals surface area contributed by atoms with Gasteiger partial charge in [0.05, 0.1) is 5.75 Å². The Balaban J connectivity index is 2.65. The summed E-state index contributed by atoms with van der Waals surface area (Å²) in [4.78, 5) is 12.8. The molecule has 16 heavy (non-hydrogen) atoms. The Morgan fingerprint density at radius 1 is 1.56 bits per heavy atom. The molecule has 1 fully saturated rings. The monoisotopic (exact) mass is 250 g/mol. The topological polar surface area (TPSA) is 101 Å². The highest BCUT2D eigenvalue weighted by molar-refractivity contribution is 7.89. The molecule has 7 heteroatoms. The minimum absolute atomic E-state index is 0.0479. The molecule has 0 aromatic heterocycles. The molecule has 1 aliphatic rings. The number of piperidine rings is 1. The Kier molecular flexibility index (Phi) is 4.28. The Morgan fingerprint density at radius 3 is 2.69 bits per heavy atom. The zero-order valence-electron chi connectivity index (χ0n) is 9.30. The van der Waals surface area contributed by atoms with Crippen LogP contribution in [0.2, 0.25) is 0 Å². The lowest BCUT2D eigenvalue weighted by molar-refractivity contribution is -0.146. The second kappa shape index (κ2) is 5.11. The fraction of sp³-hybridized carbons (Fsp3) is 0.889. The first kappa shape index (κ1) is 13.4. The summed E-state index contributed by atoms with van der Waals surface area (Å²) in [6.45, 7) is 2.69. The Morgan fingerprint density at radius 2 is 2.19 bits per heavy atom. The van der Waals surface area contributed by atoms with Gasteiger partial charge in [-0.1, -0.05) is 6.92 Å². The van der Waals surface area contributed by atoms with Crippen LogP contribution in [0.5, 0.6) is 0 Å². The molecule has 1 rings (SSSR count). The quantitative estimate of drug-likeness (QED) is 0.698. The number of carboxylic acid groups (broad SMARTS) is 1. The van der Waals surface area contributed by atoms with Gasteiger partial charge in [-0.05, 0) is 25.3 Å². The third-order valence-corrected chi connectivity index (χ3v) is 3.70. The second-order valence-corrected chi connectivity index (χ2v) is 6.04. The highest BCUT2D eigenvalue weighted by Crippen LogP contribution is 2.23. The highest BCUT2D eigenvalue weighted by atomic mass is 32.2. The normalized spacial score (nSPS) is 27.9. The van der Waals surface area contributed by atoms with Crippen LogP contribution in [0.3, 0.4) is 0 Å². The van der Waals surface area contributed by atoms with Gasteiger partial charge in [0.25, 0.3) is 0 Å². The van der Waals surface area contributed by atoms with E-state index in [4.69, 9.17) is 10.2 Å². The van der Waals surface area contributed by atoms with Gasteiger partial charge < -0.3 is 5.11 Å². The van der Waals surface area contributed by atoms with Gasteiger partial charge in [0, 0.05) is 6.54 Å². The molecule has 1 saturated heterocycles. The molecule has 0 aromatic rings. The van der Waals surface area contributed by atoms with E-state index in [0.717, 1.165) is 12.8 Å². The molecule has 0 amide bonds. The molecule has 0 aromatic carbocycles. The number of rotatable bonds is 4. The van der Waals surface area contributed by atoms with Gasteiger partial charge in [-0.25, -0.2) is 13.6 Å². The van der Waals surface area contributed by atoms with Crippen molar-refractivity contribution in [1.82, 2.24) is 4.90 Å². The summed E-state index contributed by atoms with van der Waals surface area (Å²) in [5.41, 5.74) is 0. The number of hydrogen-bond donors (Lipinski definition) is 2. The van der Waals surface area contributed by atoms with Crippen LogP contribution in [0.1, 0.15) is 19.8 Å². The summed E-state index contributed by atoms with van der Waals surface area (Å²) < 4.78 is 21.7. The standard InChI is InChI=1S/C9H18N2O4S/c1-7-3-2-4-11(8(7)9(12)13)5-6-16(10,14)15/h7-8H,2-6H2,1H3,(H,12,13)(H2,10,14,15). The molecular formula is C9H18N2O4S. The molecule has 3 N–H and O–H groups in total. The molecular weight excluding hydrogens is 232 g/mol. The first-order valence-electron chi connectivity index (χ1n) is 5.28. The molecule has 1 aliphatic heterocycles. The maximum absolute atomic E-state index is 11.1. The van der Waals surface area contributed by atoms with Gasteiger partial charge in [-0.2, -0.15) is 0 Å². The summed E-state index contributed by atoms with van der Waals surface area (Å²) in [6.07, 6.45) is 1.76. The summed E-state index contributed by atoms with van der Waals surface area (Å²) in [6, 6.07) is -0.588. The van der Waals surface area contributed by atoms with Crippen molar-refractivity contribution in [3.63, 3.8) is 0 Å². The van der Waals surface area contributed by atoms with E-state index < -0.39 is 22.0 Å². The number of nitrogens with two attached hydrogens (primary N) is 1. The largest absolute Gasteiger partial charge is 0.480 e. The van der Waals surface area contributed by atoms with E-state index in [1.165, 1.54) is 0 Å². The van der Waals surface area contributed by atoms with E-state index in [-0.39, 0.29) is 18.2 Å². The second-order valence-electron chi connectivity index (χ2n) is 4.31. The van der Waals surface area contributed by atoms with Crippen LogP contribution in [0.25, 0.3) is 0 Å². The van der Waals surface area contributed by atoms with Gasteiger partial charge in [-0.15, -0.1) is 0 Å². The number of primary sulfonamides is 1. The maximum atomic E-state index is 11.1. The summed E-state index contributed by atoms with van der Waals surface area (Å²) in [5.74, 6) is -1.03. The number of likely N-dealkylation sites (tertiary alicyclic amines) is 1. The number of nitrogens with zero attached hydrogens (tertiary/aromatic N) is 1. The Labute approximate surface area is 95.5 Å². The van der Waals surface area contributed by atoms with E-state index >= 15 is 0 Å². The molecule has 6 nitrogen and oxygen atoms in total. The molecule has 0 saturated carbocycles. The van der Waals surface area contributed by atoms with Crippen LogP contribution in [0.15, 0.2) is 0 Å². The van der Waals surface area contributed by atoms with Crippen molar-refractivity contribution < 1.29 is 18.3 Å². The predicted molar refractivity (Wildman–Crippen MR) is 59.4 cm³/mol. The van der Waals surface area contributed by atoms with Crippen LogP contribution in [-0.4, -0.2) is 49.3 Å². The summed E-state index contributed by atoms with van der Waals surface area (Å²) in [5, 5.41) is 14.0. The van der Waals surface area contributed by atoms with Crippen LogP contribution in [0.4, 0.5) is 0 Å². The van der Waals surface area contributed by atoms with Crippen molar-refractivity contribution in [2.75, 3.05) is 18.8 Å². The van der Waals surface area contributed by atoms with E-state index in [0.29, 0.717) is 6.54 Å². The lowest BCUT2D eigenvalue weighted by Gasteiger charge is -2.36. The SMILES string of the molecule is CC1CCCN(CCS(N)(=O)=O)C1C(=O)O. The maximum Gasteiger partial charge on any atom is 0.321 e. The molecule has 1 heterocycles. The lowest BCUT2D eigenvalue weighted by atomic mass is 9.91. The molecule has 0 aliphatic carbocycles. The van der Waals surface area contributed by atoms with Crippen molar-refractivity contribution in [2.45, 2.75) is 25.8 Å². The average Bonchev–Trinajstić information content (AvgIpc) is 2.12. The van der Waals surface area contributed by atoms with Crippen LogP contribution in [0, 0.1) is 5.92 Å².